The molecule has 0 fully saturated rings. The molecule has 18 heavy (non-hydrogen) atoms. The number of rotatable bonds is 6. The van der Waals surface area contributed by atoms with Crippen LogP contribution in [0.25, 0.3) is 0 Å². The largest absolute Gasteiger partial charge is 0.480 e. The summed E-state index contributed by atoms with van der Waals surface area (Å²) in [7, 11) is 0. The lowest BCUT2D eigenvalue weighted by Gasteiger charge is -2.10. The molecule has 0 aliphatic carbocycles. The molecule has 0 heterocycles. The summed E-state index contributed by atoms with van der Waals surface area (Å²) < 4.78 is 4.83. The Bertz CT molecular complexity index is 422. The first-order chi connectivity index (χ1) is 8.52. The van der Waals surface area contributed by atoms with Crippen LogP contribution in [0.3, 0.4) is 0 Å². The Kier molecular flexibility index (Phi) is 5.32. The number of carbonyl (C=O) groups is 2. The van der Waals surface area contributed by atoms with Crippen LogP contribution < -0.4 is 5.32 Å². The minimum atomic E-state index is -1.02. The number of aliphatic carboxylic acids is 1. The lowest BCUT2D eigenvalue weighted by atomic mass is 10.0. The van der Waals surface area contributed by atoms with E-state index < -0.39 is 5.97 Å². The Morgan fingerprint density at radius 3 is 2.44 bits per heavy atom. The Labute approximate surface area is 106 Å². The number of hydrogen-bond donors (Lipinski definition) is 2. The molecule has 0 saturated heterocycles. The molecule has 0 radical (unpaired) electrons. The maximum atomic E-state index is 11.9. The van der Waals surface area contributed by atoms with Gasteiger partial charge in [0.15, 0.2) is 0 Å². The first kappa shape index (κ1) is 14.2. The highest BCUT2D eigenvalue weighted by Crippen LogP contribution is 2.12. The van der Waals surface area contributed by atoms with E-state index >= 15 is 0 Å². The van der Waals surface area contributed by atoms with Crippen molar-refractivity contribution >= 4 is 11.9 Å². The first-order valence-corrected chi connectivity index (χ1v) is 5.66. The van der Waals surface area contributed by atoms with Crippen molar-refractivity contribution in [2.45, 2.75) is 13.8 Å². The van der Waals surface area contributed by atoms with Crippen LogP contribution in [0.5, 0.6) is 0 Å². The highest BCUT2D eigenvalue weighted by Gasteiger charge is 2.10. The molecule has 5 nitrogen and oxygen atoms in total. The average molecular weight is 251 g/mol. The fourth-order valence-corrected chi connectivity index (χ4v) is 1.66. The van der Waals surface area contributed by atoms with E-state index in [0.29, 0.717) is 12.1 Å². The van der Waals surface area contributed by atoms with E-state index in [9.17, 15) is 9.59 Å². The third-order valence-electron chi connectivity index (χ3n) is 2.47. The highest BCUT2D eigenvalue weighted by atomic mass is 16.5. The van der Waals surface area contributed by atoms with Gasteiger partial charge in [0.2, 0.25) is 0 Å². The number of benzene rings is 1. The summed E-state index contributed by atoms with van der Waals surface area (Å²) in [5.41, 5.74) is 2.49. The smallest absolute Gasteiger partial charge is 0.329 e. The van der Waals surface area contributed by atoms with E-state index in [1.165, 1.54) is 0 Å². The van der Waals surface area contributed by atoms with Gasteiger partial charge in [0.25, 0.3) is 5.91 Å². The fourth-order valence-electron chi connectivity index (χ4n) is 1.66. The molecule has 0 aromatic heterocycles. The molecule has 0 spiro atoms. The number of nitrogens with one attached hydrogen (secondary N) is 1. The standard InChI is InChI=1S/C13H17NO4/c1-9-4-3-5-10(2)12(9)13(17)14-6-7-18-8-11(15)16/h3-5H,6-8H2,1-2H3,(H,14,17)(H,15,16). The van der Waals surface area contributed by atoms with Gasteiger partial charge < -0.3 is 15.2 Å². The maximum absolute atomic E-state index is 11.9. The predicted molar refractivity (Wildman–Crippen MR) is 66.7 cm³/mol. The Balaban J connectivity index is 2.44. The molecule has 2 N–H and O–H groups in total. The zero-order valence-corrected chi connectivity index (χ0v) is 10.5. The second kappa shape index (κ2) is 6.76. The van der Waals surface area contributed by atoms with Gasteiger partial charge in [-0.05, 0) is 25.0 Å². The molecular weight excluding hydrogens is 234 g/mol. The number of ether oxygens (including phenoxy) is 1. The number of carboxylic acid groups (broad SMARTS) is 1. The number of carbonyl (C=O) groups excluding carboxylic acids is 1. The number of carboxylic acids is 1. The van der Waals surface area contributed by atoms with Gasteiger partial charge in [-0.25, -0.2) is 4.79 Å². The summed E-state index contributed by atoms with van der Waals surface area (Å²) in [5, 5.41) is 11.1. The summed E-state index contributed by atoms with van der Waals surface area (Å²) >= 11 is 0. The van der Waals surface area contributed by atoms with E-state index in [1.807, 2.05) is 32.0 Å². The summed E-state index contributed by atoms with van der Waals surface area (Å²) in [6, 6.07) is 5.66. The molecule has 0 aliphatic heterocycles. The first-order valence-electron chi connectivity index (χ1n) is 5.66. The van der Waals surface area contributed by atoms with Gasteiger partial charge in [0.1, 0.15) is 6.61 Å². The monoisotopic (exact) mass is 251 g/mol. The fraction of sp³-hybridized carbons (Fsp3) is 0.385. The minimum Gasteiger partial charge on any atom is -0.480 e. The second-order valence-electron chi connectivity index (χ2n) is 3.97. The second-order valence-corrected chi connectivity index (χ2v) is 3.97. The molecular formula is C13H17NO4. The lowest BCUT2D eigenvalue weighted by Crippen LogP contribution is -2.29. The zero-order chi connectivity index (χ0) is 13.5. The molecule has 1 amide bonds. The topological polar surface area (TPSA) is 75.6 Å². The lowest BCUT2D eigenvalue weighted by molar-refractivity contribution is -0.142. The molecule has 0 aliphatic rings. The van der Waals surface area contributed by atoms with Crippen LogP contribution in [0.15, 0.2) is 18.2 Å². The molecule has 98 valence electrons. The van der Waals surface area contributed by atoms with Crippen molar-refractivity contribution in [3.8, 4) is 0 Å². The van der Waals surface area contributed by atoms with E-state index in [0.717, 1.165) is 11.1 Å². The number of aryl methyl sites for hydroxylation is 2. The van der Waals surface area contributed by atoms with E-state index in [1.54, 1.807) is 0 Å². The Hall–Kier alpha value is -1.88. The number of hydrogen-bond acceptors (Lipinski definition) is 3. The quantitative estimate of drug-likeness (QED) is 0.743. The van der Waals surface area contributed by atoms with Gasteiger partial charge in [-0.3, -0.25) is 4.79 Å². The van der Waals surface area contributed by atoms with Crippen molar-refractivity contribution in [1.82, 2.24) is 5.32 Å². The molecule has 5 heteroatoms. The molecule has 0 bridgehead atoms. The van der Waals surface area contributed by atoms with Crippen LogP contribution in [0.4, 0.5) is 0 Å². The molecule has 1 aromatic rings. The highest BCUT2D eigenvalue weighted by molar-refractivity contribution is 5.97. The van der Waals surface area contributed by atoms with Gasteiger partial charge in [-0.15, -0.1) is 0 Å². The van der Waals surface area contributed by atoms with E-state index in [2.05, 4.69) is 5.32 Å². The van der Waals surface area contributed by atoms with Crippen LogP contribution in [-0.4, -0.2) is 36.7 Å². The van der Waals surface area contributed by atoms with Crippen molar-refractivity contribution in [2.24, 2.45) is 0 Å². The summed E-state index contributed by atoms with van der Waals surface area (Å²) in [5.74, 6) is -1.18. The van der Waals surface area contributed by atoms with Crippen LogP contribution in [0, 0.1) is 13.8 Å². The van der Waals surface area contributed by atoms with Gasteiger partial charge in [0.05, 0.1) is 6.61 Å². The van der Waals surface area contributed by atoms with Crippen LogP contribution in [-0.2, 0) is 9.53 Å². The van der Waals surface area contributed by atoms with Crippen molar-refractivity contribution in [1.29, 1.82) is 0 Å². The van der Waals surface area contributed by atoms with E-state index in [4.69, 9.17) is 9.84 Å². The normalized spacial score (nSPS) is 10.1. The van der Waals surface area contributed by atoms with Crippen molar-refractivity contribution in [3.05, 3.63) is 34.9 Å². The SMILES string of the molecule is Cc1cccc(C)c1C(=O)NCCOCC(=O)O. The van der Waals surface area contributed by atoms with Crippen LogP contribution in [0.1, 0.15) is 21.5 Å². The summed E-state index contributed by atoms with van der Waals surface area (Å²) in [6.45, 7) is 3.88. The van der Waals surface area contributed by atoms with Crippen LogP contribution in [0.2, 0.25) is 0 Å². The molecule has 1 rings (SSSR count). The van der Waals surface area contributed by atoms with Gasteiger partial charge >= 0.3 is 5.97 Å². The molecule has 1 aromatic carbocycles. The van der Waals surface area contributed by atoms with Gasteiger partial charge in [0, 0.05) is 12.1 Å². The summed E-state index contributed by atoms with van der Waals surface area (Å²) in [6.07, 6.45) is 0. The number of amides is 1. The maximum Gasteiger partial charge on any atom is 0.329 e. The molecule has 0 unspecified atom stereocenters. The molecule has 0 atom stereocenters. The van der Waals surface area contributed by atoms with Gasteiger partial charge in [-0.2, -0.15) is 0 Å². The third-order valence-corrected chi connectivity index (χ3v) is 2.47. The Morgan fingerprint density at radius 2 is 1.89 bits per heavy atom. The van der Waals surface area contributed by atoms with Crippen molar-refractivity contribution < 1.29 is 19.4 Å². The summed E-state index contributed by atoms with van der Waals surface area (Å²) in [4.78, 5) is 22.1. The van der Waals surface area contributed by atoms with Gasteiger partial charge in [-0.1, -0.05) is 18.2 Å². The van der Waals surface area contributed by atoms with Crippen molar-refractivity contribution in [2.75, 3.05) is 19.8 Å². The third kappa shape index (κ3) is 4.18. The molecule has 0 saturated carbocycles. The predicted octanol–water partition coefficient (Wildman–Crippen LogP) is 1.13. The average Bonchev–Trinajstić information content (AvgIpc) is 2.27. The van der Waals surface area contributed by atoms with Crippen LogP contribution >= 0.6 is 0 Å². The Morgan fingerprint density at radius 1 is 1.28 bits per heavy atom. The van der Waals surface area contributed by atoms with E-state index in [-0.39, 0.29) is 19.1 Å². The zero-order valence-electron chi connectivity index (χ0n) is 10.5. The van der Waals surface area contributed by atoms with Crippen molar-refractivity contribution in [3.63, 3.8) is 0 Å². The minimum absolute atomic E-state index is 0.162.